The molecule has 1 fully saturated rings. The molecule has 2 aromatic rings. The molecule has 0 radical (unpaired) electrons. The molecule has 0 unspecified atom stereocenters. The third kappa shape index (κ3) is 5.44. The van der Waals surface area contributed by atoms with E-state index in [1.165, 1.54) is 0 Å². The van der Waals surface area contributed by atoms with E-state index in [9.17, 15) is 4.79 Å². The Hall–Kier alpha value is -1.11. The Morgan fingerprint density at radius 2 is 1.92 bits per heavy atom. The molecule has 2 heterocycles. The zero-order valence-electron chi connectivity index (χ0n) is 14.8. The number of piperazine rings is 1. The second-order valence-electron chi connectivity index (χ2n) is 6.56. The summed E-state index contributed by atoms with van der Waals surface area (Å²) in [5.74, 6) is 0.0646. The van der Waals surface area contributed by atoms with E-state index in [4.69, 9.17) is 23.2 Å². The van der Waals surface area contributed by atoms with Gasteiger partial charge in [-0.25, -0.2) is 0 Å². The first-order valence-electron chi connectivity index (χ1n) is 8.73. The monoisotopic (exact) mass is 411 g/mol. The third-order valence-corrected chi connectivity index (χ3v) is 6.21. The SMILES string of the molecule is CN1CCN(CCNC(=O)Cc2ccc(-c3ccc(Cl)cc3Cl)s2)CC1. The Morgan fingerprint density at radius 3 is 2.65 bits per heavy atom. The summed E-state index contributed by atoms with van der Waals surface area (Å²) < 4.78 is 0. The fourth-order valence-electron chi connectivity index (χ4n) is 2.95. The smallest absolute Gasteiger partial charge is 0.225 e. The minimum atomic E-state index is 0.0646. The summed E-state index contributed by atoms with van der Waals surface area (Å²) >= 11 is 13.8. The van der Waals surface area contributed by atoms with Crippen LogP contribution in [0.25, 0.3) is 10.4 Å². The molecule has 1 aliphatic rings. The third-order valence-electron chi connectivity index (χ3n) is 4.54. The van der Waals surface area contributed by atoms with Crippen LogP contribution in [0, 0.1) is 0 Å². The van der Waals surface area contributed by atoms with E-state index in [1.807, 2.05) is 24.3 Å². The van der Waals surface area contributed by atoms with Crippen molar-refractivity contribution in [1.82, 2.24) is 15.1 Å². The van der Waals surface area contributed by atoms with Crippen LogP contribution in [0.15, 0.2) is 30.3 Å². The maximum Gasteiger partial charge on any atom is 0.225 e. The van der Waals surface area contributed by atoms with Gasteiger partial charge in [-0.3, -0.25) is 9.69 Å². The largest absolute Gasteiger partial charge is 0.355 e. The van der Waals surface area contributed by atoms with Crippen molar-refractivity contribution in [3.05, 3.63) is 45.3 Å². The van der Waals surface area contributed by atoms with Gasteiger partial charge >= 0.3 is 0 Å². The Morgan fingerprint density at radius 1 is 1.15 bits per heavy atom. The Balaban J connectivity index is 1.47. The van der Waals surface area contributed by atoms with E-state index in [0.717, 1.165) is 48.0 Å². The number of carbonyl (C=O) groups is 1. The predicted molar refractivity (Wildman–Crippen MR) is 110 cm³/mol. The first-order chi connectivity index (χ1) is 12.5. The van der Waals surface area contributed by atoms with Crippen molar-refractivity contribution in [2.75, 3.05) is 46.3 Å². The van der Waals surface area contributed by atoms with Gasteiger partial charge in [0.1, 0.15) is 0 Å². The van der Waals surface area contributed by atoms with Gasteiger partial charge in [-0.05, 0) is 31.3 Å². The summed E-state index contributed by atoms with van der Waals surface area (Å²) in [5, 5.41) is 4.27. The average molecular weight is 412 g/mol. The molecular weight excluding hydrogens is 389 g/mol. The van der Waals surface area contributed by atoms with E-state index in [1.54, 1.807) is 17.4 Å². The lowest BCUT2D eigenvalue weighted by Gasteiger charge is -2.32. The van der Waals surface area contributed by atoms with Crippen LogP contribution in [0.1, 0.15) is 4.88 Å². The Bertz CT molecular complexity index is 757. The molecule has 1 saturated heterocycles. The molecule has 140 valence electrons. The molecule has 1 N–H and O–H groups in total. The van der Waals surface area contributed by atoms with Crippen molar-refractivity contribution in [1.29, 1.82) is 0 Å². The highest BCUT2D eigenvalue weighted by Gasteiger charge is 2.14. The number of rotatable bonds is 6. The van der Waals surface area contributed by atoms with Crippen molar-refractivity contribution in [2.24, 2.45) is 0 Å². The van der Waals surface area contributed by atoms with Crippen LogP contribution in [-0.4, -0.2) is 62.0 Å². The maximum atomic E-state index is 12.2. The molecule has 0 atom stereocenters. The van der Waals surface area contributed by atoms with E-state index >= 15 is 0 Å². The van der Waals surface area contributed by atoms with Crippen LogP contribution >= 0.6 is 34.5 Å². The van der Waals surface area contributed by atoms with Gasteiger partial charge in [0, 0.05) is 59.6 Å². The molecule has 1 amide bonds. The van der Waals surface area contributed by atoms with Crippen molar-refractivity contribution in [3.8, 4) is 10.4 Å². The summed E-state index contributed by atoms with van der Waals surface area (Å²) in [6.45, 7) is 5.95. The lowest BCUT2D eigenvalue weighted by Crippen LogP contribution is -2.47. The molecule has 0 aliphatic carbocycles. The summed E-state index contributed by atoms with van der Waals surface area (Å²) in [5.41, 5.74) is 0.947. The second-order valence-corrected chi connectivity index (χ2v) is 8.57. The number of thiophene rings is 1. The molecule has 7 heteroatoms. The van der Waals surface area contributed by atoms with Crippen LogP contribution in [0.2, 0.25) is 10.0 Å². The summed E-state index contributed by atoms with van der Waals surface area (Å²) in [4.78, 5) is 19.0. The van der Waals surface area contributed by atoms with E-state index in [-0.39, 0.29) is 5.91 Å². The van der Waals surface area contributed by atoms with Gasteiger partial charge in [-0.15, -0.1) is 11.3 Å². The quantitative estimate of drug-likeness (QED) is 0.787. The van der Waals surface area contributed by atoms with Crippen LogP contribution in [0.5, 0.6) is 0 Å². The van der Waals surface area contributed by atoms with E-state index in [0.29, 0.717) is 23.0 Å². The number of amides is 1. The topological polar surface area (TPSA) is 35.6 Å². The number of benzene rings is 1. The zero-order valence-corrected chi connectivity index (χ0v) is 17.1. The lowest BCUT2D eigenvalue weighted by atomic mass is 10.2. The summed E-state index contributed by atoms with van der Waals surface area (Å²) in [6, 6.07) is 9.48. The van der Waals surface area contributed by atoms with Gasteiger partial charge in [0.2, 0.25) is 5.91 Å². The number of likely N-dealkylation sites (N-methyl/N-ethyl adjacent to an activating group) is 1. The van der Waals surface area contributed by atoms with Gasteiger partial charge in [-0.1, -0.05) is 29.3 Å². The number of carbonyl (C=O) groups excluding carboxylic acids is 1. The first-order valence-corrected chi connectivity index (χ1v) is 10.3. The molecule has 0 spiro atoms. The Labute approximate surface area is 168 Å². The molecule has 1 aliphatic heterocycles. The number of nitrogens with one attached hydrogen (secondary N) is 1. The molecule has 3 rings (SSSR count). The fraction of sp³-hybridized carbons (Fsp3) is 0.421. The molecule has 4 nitrogen and oxygen atoms in total. The maximum absolute atomic E-state index is 12.2. The average Bonchev–Trinajstić information content (AvgIpc) is 3.04. The number of nitrogens with zero attached hydrogens (tertiary/aromatic N) is 2. The van der Waals surface area contributed by atoms with Crippen LogP contribution in [0.4, 0.5) is 0 Å². The summed E-state index contributed by atoms with van der Waals surface area (Å²) in [7, 11) is 2.14. The number of halogens is 2. The lowest BCUT2D eigenvalue weighted by molar-refractivity contribution is -0.120. The van der Waals surface area contributed by atoms with E-state index in [2.05, 4.69) is 22.2 Å². The van der Waals surface area contributed by atoms with Gasteiger partial charge in [-0.2, -0.15) is 0 Å². The highest BCUT2D eigenvalue weighted by molar-refractivity contribution is 7.15. The molecule has 0 saturated carbocycles. The first kappa shape index (κ1) is 19.6. The number of hydrogen-bond donors (Lipinski definition) is 1. The highest BCUT2D eigenvalue weighted by Crippen LogP contribution is 2.35. The predicted octanol–water partition coefficient (Wildman–Crippen LogP) is 3.63. The van der Waals surface area contributed by atoms with E-state index < -0.39 is 0 Å². The second kappa shape index (κ2) is 9.20. The summed E-state index contributed by atoms with van der Waals surface area (Å²) in [6.07, 6.45) is 0.401. The van der Waals surface area contributed by atoms with Crippen molar-refractivity contribution >= 4 is 40.4 Å². The van der Waals surface area contributed by atoms with Crippen molar-refractivity contribution in [2.45, 2.75) is 6.42 Å². The van der Waals surface area contributed by atoms with Crippen molar-refractivity contribution < 1.29 is 4.79 Å². The highest BCUT2D eigenvalue weighted by atomic mass is 35.5. The number of hydrogen-bond acceptors (Lipinski definition) is 4. The van der Waals surface area contributed by atoms with Crippen LogP contribution in [-0.2, 0) is 11.2 Å². The van der Waals surface area contributed by atoms with Crippen LogP contribution in [0.3, 0.4) is 0 Å². The normalized spacial score (nSPS) is 16.0. The zero-order chi connectivity index (χ0) is 18.5. The standard InChI is InChI=1S/C19H23Cl2N3OS/c1-23-8-10-24(11-9-23)7-6-22-19(25)13-15-3-5-18(26-15)16-4-2-14(20)12-17(16)21/h2-5,12H,6-11,13H2,1H3,(H,22,25). The minimum Gasteiger partial charge on any atom is -0.355 e. The molecule has 1 aromatic heterocycles. The van der Waals surface area contributed by atoms with Gasteiger partial charge in [0.15, 0.2) is 0 Å². The molecule has 1 aromatic carbocycles. The molecule has 26 heavy (non-hydrogen) atoms. The molecular formula is C19H23Cl2N3OS. The Kier molecular flexibility index (Phi) is 6.95. The van der Waals surface area contributed by atoms with Gasteiger partial charge in [0.25, 0.3) is 0 Å². The fourth-order valence-corrected chi connectivity index (χ4v) is 4.56. The van der Waals surface area contributed by atoms with Crippen LogP contribution < -0.4 is 5.32 Å². The minimum absolute atomic E-state index is 0.0646. The van der Waals surface area contributed by atoms with Gasteiger partial charge in [0.05, 0.1) is 11.4 Å². The molecule has 0 bridgehead atoms. The van der Waals surface area contributed by atoms with Gasteiger partial charge < -0.3 is 10.2 Å². The van der Waals surface area contributed by atoms with Crippen molar-refractivity contribution in [3.63, 3.8) is 0 Å².